The second-order valence-corrected chi connectivity index (χ2v) is 5.81. The highest BCUT2D eigenvalue weighted by atomic mass is 32.1. The summed E-state index contributed by atoms with van der Waals surface area (Å²) in [4.78, 5) is 16.4. The molecule has 1 N–H and O–H groups in total. The number of aromatic nitrogens is 1. The minimum absolute atomic E-state index is 0.361. The second kappa shape index (κ2) is 6.45. The molecule has 0 fully saturated rings. The molecule has 3 nitrogen and oxygen atoms in total. The molecule has 0 saturated heterocycles. The summed E-state index contributed by atoms with van der Waals surface area (Å²) in [6.07, 6.45) is -2.82. The van der Waals surface area contributed by atoms with E-state index in [0.717, 1.165) is 12.1 Å². The van der Waals surface area contributed by atoms with Crippen molar-refractivity contribution in [3.8, 4) is 11.1 Å². The number of rotatable bonds is 3. The maximum Gasteiger partial charge on any atom is 0.416 e. The topological polar surface area (TPSA) is 42.0 Å². The van der Waals surface area contributed by atoms with Crippen molar-refractivity contribution in [2.75, 3.05) is 5.32 Å². The zero-order chi connectivity index (χ0) is 17.2. The quantitative estimate of drug-likeness (QED) is 0.717. The molecule has 7 heteroatoms. The SMILES string of the molecule is O=C(Nc1nccs1)c1ccccc1-c1ccc(C(F)(F)F)cc1. The Morgan fingerprint density at radius 1 is 1.04 bits per heavy atom. The van der Waals surface area contributed by atoms with E-state index < -0.39 is 11.7 Å². The van der Waals surface area contributed by atoms with Crippen LogP contribution in [0.3, 0.4) is 0 Å². The van der Waals surface area contributed by atoms with Crippen molar-refractivity contribution in [3.05, 3.63) is 71.2 Å². The van der Waals surface area contributed by atoms with E-state index in [9.17, 15) is 18.0 Å². The van der Waals surface area contributed by atoms with E-state index in [1.165, 1.54) is 23.5 Å². The highest BCUT2D eigenvalue weighted by Gasteiger charge is 2.30. The molecule has 0 unspecified atom stereocenters. The van der Waals surface area contributed by atoms with Crippen LogP contribution in [0, 0.1) is 0 Å². The summed E-state index contributed by atoms with van der Waals surface area (Å²) < 4.78 is 38.0. The van der Waals surface area contributed by atoms with E-state index in [0.29, 0.717) is 21.8 Å². The molecule has 3 aromatic rings. The molecule has 24 heavy (non-hydrogen) atoms. The van der Waals surface area contributed by atoms with Crippen LogP contribution in [0.5, 0.6) is 0 Å². The van der Waals surface area contributed by atoms with Crippen LogP contribution in [0.1, 0.15) is 15.9 Å². The maximum atomic E-state index is 12.7. The zero-order valence-corrected chi connectivity index (χ0v) is 13.0. The molecule has 1 aromatic heterocycles. The third kappa shape index (κ3) is 3.46. The summed E-state index contributed by atoms with van der Waals surface area (Å²) in [5.74, 6) is -0.361. The number of amides is 1. The fourth-order valence-electron chi connectivity index (χ4n) is 2.22. The third-order valence-electron chi connectivity index (χ3n) is 3.35. The van der Waals surface area contributed by atoms with Crippen molar-refractivity contribution >= 4 is 22.4 Å². The normalized spacial score (nSPS) is 11.3. The van der Waals surface area contributed by atoms with Gasteiger partial charge in [-0.2, -0.15) is 13.2 Å². The molecule has 0 atom stereocenters. The van der Waals surface area contributed by atoms with E-state index in [1.807, 2.05) is 0 Å². The van der Waals surface area contributed by atoms with Gasteiger partial charge in [0.05, 0.1) is 5.56 Å². The third-order valence-corrected chi connectivity index (χ3v) is 4.04. The largest absolute Gasteiger partial charge is 0.416 e. The number of carbonyl (C=O) groups is 1. The van der Waals surface area contributed by atoms with Gasteiger partial charge in [0.2, 0.25) is 0 Å². The van der Waals surface area contributed by atoms with Crippen LogP contribution in [0.2, 0.25) is 0 Å². The summed E-state index contributed by atoms with van der Waals surface area (Å²) in [7, 11) is 0. The Bertz CT molecular complexity index is 843. The van der Waals surface area contributed by atoms with Gasteiger partial charge in [-0.25, -0.2) is 4.98 Å². The fourth-order valence-corrected chi connectivity index (χ4v) is 2.75. The van der Waals surface area contributed by atoms with Gasteiger partial charge in [-0.15, -0.1) is 11.3 Å². The fraction of sp³-hybridized carbons (Fsp3) is 0.0588. The highest BCUT2D eigenvalue weighted by Crippen LogP contribution is 2.32. The van der Waals surface area contributed by atoms with E-state index in [-0.39, 0.29) is 5.91 Å². The molecule has 0 aliphatic carbocycles. The molecular formula is C17H11F3N2OS. The Labute approximate surface area is 139 Å². The van der Waals surface area contributed by atoms with Crippen LogP contribution in [0.25, 0.3) is 11.1 Å². The summed E-state index contributed by atoms with van der Waals surface area (Å²) in [6, 6.07) is 11.5. The number of nitrogens with one attached hydrogen (secondary N) is 1. The lowest BCUT2D eigenvalue weighted by Gasteiger charge is -2.11. The predicted octanol–water partition coefficient (Wildman–Crippen LogP) is 5.08. The number of hydrogen-bond donors (Lipinski definition) is 1. The number of hydrogen-bond acceptors (Lipinski definition) is 3. The lowest BCUT2D eigenvalue weighted by atomic mass is 9.98. The number of thiazole rings is 1. The Kier molecular flexibility index (Phi) is 4.35. The van der Waals surface area contributed by atoms with Gasteiger partial charge in [-0.3, -0.25) is 10.1 Å². The average molecular weight is 348 g/mol. The first-order chi connectivity index (χ1) is 11.4. The highest BCUT2D eigenvalue weighted by molar-refractivity contribution is 7.13. The van der Waals surface area contributed by atoms with Crippen molar-refractivity contribution < 1.29 is 18.0 Å². The van der Waals surface area contributed by atoms with Gasteiger partial charge in [0, 0.05) is 17.1 Å². The van der Waals surface area contributed by atoms with Gasteiger partial charge >= 0.3 is 6.18 Å². The van der Waals surface area contributed by atoms with Crippen LogP contribution in [-0.2, 0) is 6.18 Å². The Morgan fingerprint density at radius 2 is 1.75 bits per heavy atom. The monoisotopic (exact) mass is 348 g/mol. The minimum atomic E-state index is -4.39. The van der Waals surface area contributed by atoms with Gasteiger partial charge in [-0.05, 0) is 29.3 Å². The molecule has 0 bridgehead atoms. The van der Waals surface area contributed by atoms with Crippen molar-refractivity contribution in [2.24, 2.45) is 0 Å². The molecule has 0 aliphatic heterocycles. The lowest BCUT2D eigenvalue weighted by molar-refractivity contribution is -0.137. The van der Waals surface area contributed by atoms with Crippen molar-refractivity contribution in [2.45, 2.75) is 6.18 Å². The van der Waals surface area contributed by atoms with Crippen molar-refractivity contribution in [3.63, 3.8) is 0 Å². The van der Waals surface area contributed by atoms with Gasteiger partial charge in [0.15, 0.2) is 5.13 Å². The number of benzene rings is 2. The number of carbonyl (C=O) groups excluding carboxylic acids is 1. The van der Waals surface area contributed by atoms with Gasteiger partial charge in [0.1, 0.15) is 0 Å². The maximum absolute atomic E-state index is 12.7. The lowest BCUT2D eigenvalue weighted by Crippen LogP contribution is -2.13. The summed E-state index contributed by atoms with van der Waals surface area (Å²) in [5.41, 5.74) is 0.733. The summed E-state index contributed by atoms with van der Waals surface area (Å²) in [5, 5.41) is 4.87. The molecule has 3 rings (SSSR count). The molecule has 0 saturated carbocycles. The first-order valence-corrected chi connectivity index (χ1v) is 7.80. The summed E-state index contributed by atoms with van der Waals surface area (Å²) >= 11 is 1.28. The van der Waals surface area contributed by atoms with E-state index in [2.05, 4.69) is 10.3 Å². The van der Waals surface area contributed by atoms with Crippen LogP contribution in [-0.4, -0.2) is 10.9 Å². The molecule has 0 spiro atoms. The van der Waals surface area contributed by atoms with Gasteiger partial charge in [-0.1, -0.05) is 30.3 Å². The number of halogens is 3. The number of alkyl halides is 3. The van der Waals surface area contributed by atoms with Crippen LogP contribution in [0.15, 0.2) is 60.1 Å². The van der Waals surface area contributed by atoms with Crippen LogP contribution in [0.4, 0.5) is 18.3 Å². The number of anilines is 1. The van der Waals surface area contributed by atoms with Crippen molar-refractivity contribution in [1.82, 2.24) is 4.98 Å². The van der Waals surface area contributed by atoms with E-state index in [4.69, 9.17) is 0 Å². The summed E-state index contributed by atoms with van der Waals surface area (Å²) in [6.45, 7) is 0. The standard InChI is InChI=1S/C17H11F3N2OS/c18-17(19,20)12-7-5-11(6-8-12)13-3-1-2-4-14(13)15(23)22-16-21-9-10-24-16/h1-10H,(H,21,22,23). The molecule has 1 amide bonds. The minimum Gasteiger partial charge on any atom is -0.298 e. The molecule has 0 aliphatic rings. The molecule has 2 aromatic carbocycles. The Hall–Kier alpha value is -2.67. The molecule has 122 valence electrons. The first kappa shape index (κ1) is 16.2. The number of nitrogens with zero attached hydrogens (tertiary/aromatic N) is 1. The van der Waals surface area contributed by atoms with Gasteiger partial charge in [0.25, 0.3) is 5.91 Å². The van der Waals surface area contributed by atoms with E-state index in [1.54, 1.807) is 35.8 Å². The van der Waals surface area contributed by atoms with Gasteiger partial charge < -0.3 is 0 Å². The Balaban J connectivity index is 1.93. The van der Waals surface area contributed by atoms with Crippen LogP contribution < -0.4 is 5.32 Å². The average Bonchev–Trinajstić information content (AvgIpc) is 3.07. The molecule has 0 radical (unpaired) electrons. The van der Waals surface area contributed by atoms with Crippen LogP contribution >= 0.6 is 11.3 Å². The first-order valence-electron chi connectivity index (χ1n) is 6.92. The van der Waals surface area contributed by atoms with E-state index >= 15 is 0 Å². The molecule has 1 heterocycles. The predicted molar refractivity (Wildman–Crippen MR) is 86.9 cm³/mol. The smallest absolute Gasteiger partial charge is 0.298 e. The van der Waals surface area contributed by atoms with Crippen molar-refractivity contribution in [1.29, 1.82) is 0 Å². The zero-order valence-electron chi connectivity index (χ0n) is 12.2. The second-order valence-electron chi connectivity index (χ2n) is 4.91. The molecular weight excluding hydrogens is 337 g/mol. The Morgan fingerprint density at radius 3 is 2.38 bits per heavy atom.